The van der Waals surface area contributed by atoms with E-state index in [9.17, 15) is 19.5 Å². The van der Waals surface area contributed by atoms with Gasteiger partial charge in [0.2, 0.25) is 0 Å². The molecule has 1 aliphatic rings. The number of rotatable bonds is 6. The molecule has 1 aliphatic heterocycles. The SMILES string of the molecule is CCc1ccc([C@H]2C(=C(O)c3ccc(OC)cc3C)C(=O)C(=O)N2c2nc(C)c(C(=O)OC)s2)cc1. The summed E-state index contributed by atoms with van der Waals surface area (Å²) in [6.07, 6.45) is 0.819. The summed E-state index contributed by atoms with van der Waals surface area (Å²) < 4.78 is 10.1. The maximum atomic E-state index is 13.4. The molecule has 0 radical (unpaired) electrons. The predicted molar refractivity (Wildman–Crippen MR) is 137 cm³/mol. The molecule has 1 amide bonds. The number of amides is 1. The van der Waals surface area contributed by atoms with E-state index in [1.807, 2.05) is 31.2 Å². The third-order valence-corrected chi connectivity index (χ3v) is 7.34. The molecule has 0 spiro atoms. The zero-order chi connectivity index (χ0) is 26.1. The van der Waals surface area contributed by atoms with Crippen molar-refractivity contribution in [3.05, 3.63) is 80.9 Å². The molecular weight excluding hydrogens is 480 g/mol. The van der Waals surface area contributed by atoms with Crippen LogP contribution in [-0.4, -0.2) is 42.0 Å². The Bertz CT molecular complexity index is 1390. The van der Waals surface area contributed by atoms with E-state index >= 15 is 0 Å². The molecule has 2 heterocycles. The van der Waals surface area contributed by atoms with Crippen molar-refractivity contribution in [2.75, 3.05) is 19.1 Å². The van der Waals surface area contributed by atoms with Crippen LogP contribution in [0.3, 0.4) is 0 Å². The molecule has 8 nitrogen and oxygen atoms in total. The lowest BCUT2D eigenvalue weighted by Gasteiger charge is -2.23. The number of carbonyl (C=O) groups excluding carboxylic acids is 3. The number of aliphatic hydroxyl groups excluding tert-OH is 1. The van der Waals surface area contributed by atoms with Crippen molar-refractivity contribution in [1.29, 1.82) is 0 Å². The standard InChI is InChI=1S/C27H26N2O6S/c1-6-16-7-9-17(10-8-16)21-20(22(30)19-12-11-18(34-4)13-14(19)2)23(31)25(32)29(21)27-28-15(3)24(36-27)26(33)35-5/h7-13,21,30H,6H2,1-5H3/t21-/m0/s1. The Labute approximate surface area is 212 Å². The summed E-state index contributed by atoms with van der Waals surface area (Å²) >= 11 is 0.965. The Kier molecular flexibility index (Phi) is 6.94. The van der Waals surface area contributed by atoms with Crippen molar-refractivity contribution < 1.29 is 29.0 Å². The molecule has 3 aromatic rings. The summed E-state index contributed by atoms with van der Waals surface area (Å²) in [6, 6.07) is 11.6. The Morgan fingerprint density at radius 1 is 1.11 bits per heavy atom. The van der Waals surface area contributed by atoms with Crippen molar-refractivity contribution in [2.24, 2.45) is 0 Å². The van der Waals surface area contributed by atoms with Gasteiger partial charge in [0.05, 0.1) is 31.5 Å². The monoisotopic (exact) mass is 506 g/mol. The van der Waals surface area contributed by atoms with Gasteiger partial charge in [-0.3, -0.25) is 14.5 Å². The van der Waals surface area contributed by atoms with Crippen LogP contribution in [0.15, 0.2) is 48.0 Å². The number of ether oxygens (including phenoxy) is 2. The Balaban J connectivity index is 1.94. The Hall–Kier alpha value is -3.98. The molecule has 0 aliphatic carbocycles. The van der Waals surface area contributed by atoms with E-state index in [-0.39, 0.29) is 21.3 Å². The summed E-state index contributed by atoms with van der Waals surface area (Å²) in [5.74, 6) is -1.94. The van der Waals surface area contributed by atoms with Crippen molar-refractivity contribution >= 4 is 39.9 Å². The number of esters is 1. The fourth-order valence-electron chi connectivity index (χ4n) is 4.22. The number of methoxy groups -OCH3 is 2. The first-order valence-corrected chi connectivity index (χ1v) is 12.1. The average molecular weight is 507 g/mol. The molecule has 1 N–H and O–H groups in total. The van der Waals surface area contributed by atoms with E-state index in [4.69, 9.17) is 9.47 Å². The number of nitrogens with zero attached hydrogens (tertiary/aromatic N) is 2. The van der Waals surface area contributed by atoms with Crippen LogP contribution in [0.5, 0.6) is 5.75 Å². The zero-order valence-corrected chi connectivity index (χ0v) is 21.4. The molecule has 1 aromatic heterocycles. The number of carbonyl (C=O) groups is 3. The summed E-state index contributed by atoms with van der Waals surface area (Å²) in [5, 5.41) is 11.6. The second kappa shape index (κ2) is 9.94. The van der Waals surface area contributed by atoms with Crippen molar-refractivity contribution in [3.8, 4) is 5.75 Å². The lowest BCUT2D eigenvalue weighted by atomic mass is 9.93. The highest BCUT2D eigenvalue weighted by molar-refractivity contribution is 7.17. The van der Waals surface area contributed by atoms with Gasteiger partial charge in [0, 0.05) is 5.56 Å². The van der Waals surface area contributed by atoms with Gasteiger partial charge >= 0.3 is 11.9 Å². The number of aliphatic hydroxyl groups is 1. The van der Waals surface area contributed by atoms with Crippen LogP contribution in [0.2, 0.25) is 0 Å². The number of aryl methyl sites for hydroxylation is 3. The number of aromatic nitrogens is 1. The molecule has 0 bridgehead atoms. The molecule has 4 rings (SSSR count). The van der Waals surface area contributed by atoms with Crippen molar-refractivity contribution in [3.63, 3.8) is 0 Å². The molecule has 1 saturated heterocycles. The lowest BCUT2D eigenvalue weighted by molar-refractivity contribution is -0.132. The van der Waals surface area contributed by atoms with Gasteiger partial charge in [0.25, 0.3) is 5.78 Å². The summed E-state index contributed by atoms with van der Waals surface area (Å²) in [6.45, 7) is 5.44. The van der Waals surface area contributed by atoms with E-state index in [2.05, 4.69) is 4.98 Å². The van der Waals surface area contributed by atoms with Crippen LogP contribution in [-0.2, 0) is 20.7 Å². The van der Waals surface area contributed by atoms with E-state index in [0.717, 1.165) is 23.3 Å². The number of Topliss-reactive ketones (excluding diaryl/α,β-unsaturated/α-hetero) is 1. The van der Waals surface area contributed by atoms with Crippen LogP contribution in [0.1, 0.15) is 50.6 Å². The second-order valence-corrected chi connectivity index (χ2v) is 9.33. The minimum atomic E-state index is -0.937. The molecule has 2 aromatic carbocycles. The topological polar surface area (TPSA) is 106 Å². The van der Waals surface area contributed by atoms with Crippen molar-refractivity contribution in [2.45, 2.75) is 33.2 Å². The van der Waals surface area contributed by atoms with Gasteiger partial charge in [-0.15, -0.1) is 0 Å². The number of anilines is 1. The molecular formula is C27H26N2O6S. The quantitative estimate of drug-likeness (QED) is 0.223. The summed E-state index contributed by atoms with van der Waals surface area (Å²) in [7, 11) is 2.80. The molecule has 36 heavy (non-hydrogen) atoms. The van der Waals surface area contributed by atoms with E-state index in [1.165, 1.54) is 12.0 Å². The van der Waals surface area contributed by atoms with Gasteiger partial charge in [-0.05, 0) is 55.2 Å². The second-order valence-electron chi connectivity index (χ2n) is 8.35. The van der Waals surface area contributed by atoms with Gasteiger partial charge in [0.15, 0.2) is 5.13 Å². The average Bonchev–Trinajstić information content (AvgIpc) is 3.39. The van der Waals surface area contributed by atoms with E-state index < -0.39 is 23.7 Å². The van der Waals surface area contributed by atoms with Gasteiger partial charge < -0.3 is 14.6 Å². The zero-order valence-electron chi connectivity index (χ0n) is 20.6. The number of ketones is 1. The number of benzene rings is 2. The highest BCUT2D eigenvalue weighted by Gasteiger charge is 2.48. The minimum Gasteiger partial charge on any atom is -0.507 e. The molecule has 186 valence electrons. The molecule has 0 saturated carbocycles. The fourth-order valence-corrected chi connectivity index (χ4v) is 5.23. The molecule has 9 heteroatoms. The number of hydrogen-bond donors (Lipinski definition) is 1. The van der Waals surface area contributed by atoms with Crippen LogP contribution in [0.25, 0.3) is 5.76 Å². The van der Waals surface area contributed by atoms with E-state index in [0.29, 0.717) is 28.1 Å². The van der Waals surface area contributed by atoms with Crippen LogP contribution in [0, 0.1) is 13.8 Å². The smallest absolute Gasteiger partial charge is 0.350 e. The Morgan fingerprint density at radius 2 is 1.81 bits per heavy atom. The molecule has 1 atom stereocenters. The first kappa shape index (κ1) is 25.1. The maximum Gasteiger partial charge on any atom is 0.350 e. The third kappa shape index (κ3) is 4.26. The van der Waals surface area contributed by atoms with E-state index in [1.54, 1.807) is 39.2 Å². The maximum absolute atomic E-state index is 13.4. The van der Waals surface area contributed by atoms with Gasteiger partial charge in [-0.25, -0.2) is 9.78 Å². The number of thiazole rings is 1. The van der Waals surface area contributed by atoms with Crippen LogP contribution in [0.4, 0.5) is 5.13 Å². The van der Waals surface area contributed by atoms with Gasteiger partial charge in [-0.2, -0.15) is 0 Å². The largest absolute Gasteiger partial charge is 0.507 e. The van der Waals surface area contributed by atoms with Crippen molar-refractivity contribution in [1.82, 2.24) is 4.98 Å². The molecule has 0 unspecified atom stereocenters. The first-order chi connectivity index (χ1) is 17.2. The fraction of sp³-hybridized carbons (Fsp3) is 0.259. The first-order valence-electron chi connectivity index (χ1n) is 11.3. The molecule has 1 fully saturated rings. The number of hydrogen-bond acceptors (Lipinski definition) is 8. The highest BCUT2D eigenvalue weighted by Crippen LogP contribution is 2.44. The summed E-state index contributed by atoms with van der Waals surface area (Å²) in [4.78, 5) is 44.8. The normalized spacial score (nSPS) is 16.9. The predicted octanol–water partition coefficient (Wildman–Crippen LogP) is 4.74. The third-order valence-electron chi connectivity index (χ3n) is 6.20. The summed E-state index contributed by atoms with van der Waals surface area (Å²) in [5.41, 5.74) is 3.14. The lowest BCUT2D eigenvalue weighted by Crippen LogP contribution is -2.29. The van der Waals surface area contributed by atoms with Crippen LogP contribution < -0.4 is 9.64 Å². The Morgan fingerprint density at radius 3 is 2.39 bits per heavy atom. The van der Waals surface area contributed by atoms with Gasteiger partial charge in [-0.1, -0.05) is 42.5 Å². The van der Waals surface area contributed by atoms with Crippen LogP contribution >= 0.6 is 11.3 Å². The highest BCUT2D eigenvalue weighted by atomic mass is 32.1. The minimum absolute atomic E-state index is 0.0509. The van der Waals surface area contributed by atoms with Gasteiger partial charge in [0.1, 0.15) is 16.4 Å².